The molecule has 0 N–H and O–H groups in total. The van der Waals surface area contributed by atoms with Crippen LogP contribution in [0.5, 0.6) is 0 Å². The second-order valence-electron chi connectivity index (χ2n) is 5.25. The number of carbonyl (C=O) groups excluding carboxylic acids is 1. The van der Waals surface area contributed by atoms with Crippen LogP contribution in [0.15, 0.2) is 5.38 Å². The maximum Gasteiger partial charge on any atom is 0.305 e. The van der Waals surface area contributed by atoms with Gasteiger partial charge in [0, 0.05) is 24.4 Å². The van der Waals surface area contributed by atoms with Gasteiger partial charge in [-0.1, -0.05) is 6.92 Å². The molecular formula is C14H22N2O2S. The summed E-state index contributed by atoms with van der Waals surface area (Å²) in [6, 6.07) is 0.549. The smallest absolute Gasteiger partial charge is 0.305 e. The number of ether oxygens (including phenoxy) is 1. The summed E-state index contributed by atoms with van der Waals surface area (Å²) in [4.78, 5) is 18.2. The van der Waals surface area contributed by atoms with Gasteiger partial charge in [0.1, 0.15) is 0 Å². The van der Waals surface area contributed by atoms with Crippen LogP contribution >= 0.6 is 11.3 Å². The molecule has 0 aliphatic carbocycles. The van der Waals surface area contributed by atoms with Gasteiger partial charge in [-0.25, -0.2) is 4.98 Å². The van der Waals surface area contributed by atoms with Crippen LogP contribution in [0.2, 0.25) is 0 Å². The van der Waals surface area contributed by atoms with Crippen LogP contribution in [0.1, 0.15) is 38.8 Å². The van der Waals surface area contributed by atoms with Gasteiger partial charge in [-0.05, 0) is 25.7 Å². The number of anilines is 1. The fourth-order valence-corrected chi connectivity index (χ4v) is 3.46. The highest BCUT2D eigenvalue weighted by Gasteiger charge is 2.26. The summed E-state index contributed by atoms with van der Waals surface area (Å²) in [6.45, 7) is 5.68. The Kier molecular flexibility index (Phi) is 4.80. The monoisotopic (exact) mass is 282 g/mol. The second kappa shape index (κ2) is 6.37. The van der Waals surface area contributed by atoms with E-state index in [1.54, 1.807) is 11.3 Å². The summed E-state index contributed by atoms with van der Waals surface area (Å²) in [7, 11) is 1.42. The molecule has 5 heteroatoms. The largest absolute Gasteiger partial charge is 0.469 e. The van der Waals surface area contributed by atoms with Crippen molar-refractivity contribution in [2.75, 3.05) is 18.6 Å². The summed E-state index contributed by atoms with van der Waals surface area (Å²) < 4.78 is 4.65. The molecule has 106 valence electrons. The van der Waals surface area contributed by atoms with Gasteiger partial charge < -0.3 is 9.64 Å². The first-order valence-electron chi connectivity index (χ1n) is 6.89. The van der Waals surface area contributed by atoms with Gasteiger partial charge in [-0.2, -0.15) is 0 Å². The lowest BCUT2D eigenvalue weighted by Crippen LogP contribution is -2.42. The van der Waals surface area contributed by atoms with Gasteiger partial charge in [-0.3, -0.25) is 4.79 Å². The Bertz CT molecular complexity index is 433. The van der Waals surface area contributed by atoms with E-state index in [-0.39, 0.29) is 5.97 Å². The topological polar surface area (TPSA) is 42.4 Å². The van der Waals surface area contributed by atoms with Crippen LogP contribution in [0, 0.1) is 5.92 Å². The molecule has 1 aromatic rings. The van der Waals surface area contributed by atoms with Gasteiger partial charge in [-0.15, -0.1) is 11.3 Å². The molecule has 1 fully saturated rings. The van der Waals surface area contributed by atoms with Crippen molar-refractivity contribution < 1.29 is 9.53 Å². The van der Waals surface area contributed by atoms with Crippen LogP contribution in [-0.2, 0) is 16.0 Å². The molecule has 0 spiro atoms. The van der Waals surface area contributed by atoms with Crippen molar-refractivity contribution in [3.05, 3.63) is 11.1 Å². The number of nitrogens with zero attached hydrogens (tertiary/aromatic N) is 2. The zero-order valence-electron chi connectivity index (χ0n) is 11.9. The normalized spacial score (nSPS) is 23.4. The standard InChI is InChI=1S/C14H22N2O2S/c1-10-5-4-8-16(11(10)2)14-15-12(9-19-14)6-7-13(17)18-3/h9-11H,4-8H2,1-3H3. The fourth-order valence-electron chi connectivity index (χ4n) is 2.48. The lowest BCUT2D eigenvalue weighted by atomic mass is 9.93. The minimum Gasteiger partial charge on any atom is -0.469 e. The summed E-state index contributed by atoms with van der Waals surface area (Å²) in [5.41, 5.74) is 0.996. The molecule has 2 atom stereocenters. The molecule has 1 aromatic heterocycles. The first kappa shape index (κ1) is 14.3. The Hall–Kier alpha value is -1.10. The van der Waals surface area contributed by atoms with Crippen molar-refractivity contribution in [2.45, 2.75) is 45.6 Å². The number of carbonyl (C=O) groups is 1. The molecule has 2 unspecified atom stereocenters. The highest BCUT2D eigenvalue weighted by atomic mass is 32.1. The molecule has 1 saturated heterocycles. The van der Waals surface area contributed by atoms with Crippen molar-refractivity contribution in [3.63, 3.8) is 0 Å². The fraction of sp³-hybridized carbons (Fsp3) is 0.714. The molecule has 0 amide bonds. The quantitative estimate of drug-likeness (QED) is 0.796. The SMILES string of the molecule is COC(=O)CCc1csc(N2CCCC(C)C2C)n1. The van der Waals surface area contributed by atoms with Crippen molar-refractivity contribution in [1.82, 2.24) is 4.98 Å². The van der Waals surface area contributed by atoms with Crippen LogP contribution in [0.4, 0.5) is 5.13 Å². The minimum atomic E-state index is -0.172. The summed E-state index contributed by atoms with van der Waals surface area (Å²) in [5.74, 6) is 0.547. The number of thiazole rings is 1. The first-order chi connectivity index (χ1) is 9.11. The molecule has 0 bridgehead atoms. The Morgan fingerprint density at radius 1 is 1.58 bits per heavy atom. The molecular weight excluding hydrogens is 260 g/mol. The third kappa shape index (κ3) is 3.47. The van der Waals surface area contributed by atoms with E-state index in [9.17, 15) is 4.79 Å². The number of hydrogen-bond donors (Lipinski definition) is 0. The predicted molar refractivity (Wildman–Crippen MR) is 77.7 cm³/mol. The van der Waals surface area contributed by atoms with Gasteiger partial charge >= 0.3 is 5.97 Å². The molecule has 0 aromatic carbocycles. The first-order valence-corrected chi connectivity index (χ1v) is 7.77. The summed E-state index contributed by atoms with van der Waals surface area (Å²) in [5, 5.41) is 3.16. The maximum atomic E-state index is 11.1. The average molecular weight is 282 g/mol. The molecule has 19 heavy (non-hydrogen) atoms. The summed E-state index contributed by atoms with van der Waals surface area (Å²) >= 11 is 1.68. The van der Waals surface area contributed by atoms with E-state index < -0.39 is 0 Å². The maximum absolute atomic E-state index is 11.1. The van der Waals surface area contributed by atoms with Gasteiger partial charge in [0.2, 0.25) is 0 Å². The number of rotatable bonds is 4. The minimum absolute atomic E-state index is 0.172. The second-order valence-corrected chi connectivity index (χ2v) is 6.09. The Balaban J connectivity index is 1.98. The molecule has 0 radical (unpaired) electrons. The third-order valence-electron chi connectivity index (χ3n) is 3.97. The van der Waals surface area contributed by atoms with E-state index in [1.165, 1.54) is 20.0 Å². The number of aryl methyl sites for hydroxylation is 1. The summed E-state index contributed by atoms with van der Waals surface area (Å²) in [6.07, 6.45) is 3.62. The van der Waals surface area contributed by atoms with Crippen molar-refractivity contribution in [1.29, 1.82) is 0 Å². The van der Waals surface area contributed by atoms with Crippen molar-refractivity contribution in [3.8, 4) is 0 Å². The lowest BCUT2D eigenvalue weighted by Gasteiger charge is -2.37. The molecule has 2 heterocycles. The average Bonchev–Trinajstić information content (AvgIpc) is 2.87. The predicted octanol–water partition coefficient (Wildman–Crippen LogP) is 2.87. The molecule has 1 aliphatic rings. The Labute approximate surface area is 118 Å². The van der Waals surface area contributed by atoms with E-state index >= 15 is 0 Å². The number of hydrogen-bond acceptors (Lipinski definition) is 5. The van der Waals surface area contributed by atoms with Crippen LogP contribution in [0.25, 0.3) is 0 Å². The zero-order chi connectivity index (χ0) is 13.8. The number of aromatic nitrogens is 1. The van der Waals surface area contributed by atoms with Gasteiger partial charge in [0.05, 0.1) is 19.2 Å². The van der Waals surface area contributed by atoms with E-state index in [2.05, 4.69) is 33.8 Å². The zero-order valence-corrected chi connectivity index (χ0v) is 12.7. The van der Waals surface area contributed by atoms with Crippen molar-refractivity contribution >= 4 is 22.4 Å². The highest BCUT2D eigenvalue weighted by Crippen LogP contribution is 2.30. The molecule has 0 saturated carbocycles. The molecule has 4 nitrogen and oxygen atoms in total. The van der Waals surface area contributed by atoms with E-state index in [4.69, 9.17) is 0 Å². The molecule has 1 aliphatic heterocycles. The Morgan fingerprint density at radius 2 is 2.37 bits per heavy atom. The van der Waals surface area contributed by atoms with Crippen LogP contribution < -0.4 is 4.90 Å². The molecule has 2 rings (SSSR count). The van der Waals surface area contributed by atoms with Crippen molar-refractivity contribution in [2.24, 2.45) is 5.92 Å². The van der Waals surface area contributed by atoms with E-state index in [0.29, 0.717) is 18.9 Å². The number of methoxy groups -OCH3 is 1. The van der Waals surface area contributed by atoms with Crippen LogP contribution in [-0.4, -0.2) is 30.6 Å². The number of esters is 1. The van der Waals surface area contributed by atoms with Gasteiger partial charge in [0.25, 0.3) is 0 Å². The highest BCUT2D eigenvalue weighted by molar-refractivity contribution is 7.13. The Morgan fingerprint density at radius 3 is 3.11 bits per heavy atom. The van der Waals surface area contributed by atoms with E-state index in [0.717, 1.165) is 23.3 Å². The van der Waals surface area contributed by atoms with Gasteiger partial charge in [0.15, 0.2) is 5.13 Å². The number of piperidine rings is 1. The van der Waals surface area contributed by atoms with Crippen LogP contribution in [0.3, 0.4) is 0 Å². The van der Waals surface area contributed by atoms with E-state index in [1.807, 2.05) is 0 Å². The third-order valence-corrected chi connectivity index (χ3v) is 4.90. The lowest BCUT2D eigenvalue weighted by molar-refractivity contribution is -0.140.